The molecule has 1 saturated carbocycles. The van der Waals surface area contributed by atoms with Gasteiger partial charge in [-0.3, -0.25) is 4.79 Å². The van der Waals surface area contributed by atoms with Gasteiger partial charge in [-0.05, 0) is 94.9 Å². The van der Waals surface area contributed by atoms with E-state index in [4.69, 9.17) is 20.2 Å². The molecular weight excluding hydrogens is 815 g/mol. The number of ether oxygens (including phenoxy) is 2. The smallest absolute Gasteiger partial charge is 0.302 e. The van der Waals surface area contributed by atoms with Gasteiger partial charge in [-0.2, -0.15) is 0 Å². The number of benzene rings is 1. The number of carbonyl (C=O) groups excluding carboxylic acids is 1. The van der Waals surface area contributed by atoms with Crippen LogP contribution in [-0.4, -0.2) is 109 Å². The number of rotatable bonds is 2. The third-order valence-corrected chi connectivity index (χ3v) is 18.0. The molecule has 10 N–H and O–H groups in total. The van der Waals surface area contributed by atoms with Crippen molar-refractivity contribution in [3.05, 3.63) is 35.4 Å². The largest absolute Gasteiger partial charge is 0.504 e. The van der Waals surface area contributed by atoms with E-state index in [1.807, 2.05) is 33.7 Å². The highest BCUT2D eigenvalue weighted by atomic mass is 33.1. The Morgan fingerprint density at radius 1 is 1.07 bits per heavy atom. The van der Waals surface area contributed by atoms with E-state index in [1.165, 1.54) is 19.4 Å². The standard InChI is InChI=1S/C46H67N5O8S2/c1-28(52)58-37-23-31(53)13-19-45-18-12-29-7-6-17-46(25-32(14-20-49-46)59-38-22-30(21-34(29)37)35(42(56)57)24-36(38)54)40-11-10-33(26-48-40)61-60-27-44(15-3-2-4-16-44)51-43(47)50-39(45)8-5-9-41(45)55/h5,8,22,24,29,31-34,37,39-42,48-49,53-57H,2-4,6-7,9-11,13-17,19-21,23,25-27H2,1H3,(H3,47,50,51). The van der Waals surface area contributed by atoms with Gasteiger partial charge in [-0.25, -0.2) is 4.99 Å². The number of guanidine groups is 1. The molecule has 8 aliphatic rings. The first-order valence-corrected chi connectivity index (χ1v) is 25.2. The first kappa shape index (κ1) is 44.9. The van der Waals surface area contributed by atoms with Gasteiger partial charge in [0.25, 0.3) is 0 Å². The minimum absolute atomic E-state index is 0.122. The Labute approximate surface area is 368 Å². The second kappa shape index (κ2) is 19.2. The molecule has 3 spiro atoms. The molecule has 13 nitrogen and oxygen atoms in total. The topological polar surface area (TPSA) is 211 Å². The average Bonchev–Trinajstić information content (AvgIpc) is 3.22. The van der Waals surface area contributed by atoms with E-state index in [1.54, 1.807) is 6.07 Å². The molecule has 2 saturated heterocycles. The Hall–Kier alpha value is -2.68. The van der Waals surface area contributed by atoms with Crippen molar-refractivity contribution in [2.24, 2.45) is 28.0 Å². The summed E-state index contributed by atoms with van der Waals surface area (Å²) in [5, 5.41) is 68.8. The number of esters is 1. The molecule has 0 amide bonds. The molecule has 15 heteroatoms. The van der Waals surface area contributed by atoms with E-state index < -0.39 is 53.9 Å². The number of aliphatic hydroxyl groups excluding tert-OH is 3. The third kappa shape index (κ3) is 10.0. The number of nitrogens with two attached hydrogens (primary N) is 1. The van der Waals surface area contributed by atoms with E-state index in [-0.39, 0.29) is 59.5 Å². The number of carbonyl (C=O) groups is 1. The van der Waals surface area contributed by atoms with Crippen molar-refractivity contribution in [1.82, 2.24) is 16.0 Å². The number of phenols is 1. The van der Waals surface area contributed by atoms with Crippen LogP contribution in [0.5, 0.6) is 11.5 Å². The van der Waals surface area contributed by atoms with Gasteiger partial charge >= 0.3 is 5.97 Å². The summed E-state index contributed by atoms with van der Waals surface area (Å²) in [6.07, 6.45) is 11.8. The molecule has 0 aromatic heterocycles. The molecule has 11 atom stereocenters. The first-order chi connectivity index (χ1) is 29.4. The number of piperidine rings is 2. The molecule has 3 aliphatic carbocycles. The predicted octanol–water partition coefficient (Wildman–Crippen LogP) is 4.48. The summed E-state index contributed by atoms with van der Waals surface area (Å²) >= 11 is 0. The van der Waals surface area contributed by atoms with E-state index in [9.17, 15) is 30.3 Å². The lowest BCUT2D eigenvalue weighted by atomic mass is 9.66. The van der Waals surface area contributed by atoms with Crippen molar-refractivity contribution >= 4 is 33.5 Å². The Morgan fingerprint density at radius 2 is 1.90 bits per heavy atom. The van der Waals surface area contributed by atoms with Crippen molar-refractivity contribution in [3.63, 3.8) is 0 Å². The monoisotopic (exact) mass is 881 g/mol. The number of aliphatic hydroxyl groups is 4. The van der Waals surface area contributed by atoms with Crippen LogP contribution in [0.3, 0.4) is 0 Å². The zero-order chi connectivity index (χ0) is 42.8. The van der Waals surface area contributed by atoms with E-state index in [2.05, 4.69) is 27.8 Å². The molecule has 3 fully saturated rings. The van der Waals surface area contributed by atoms with Crippen LogP contribution in [0.1, 0.15) is 127 Å². The van der Waals surface area contributed by atoms with Gasteiger partial charge in [0.05, 0.1) is 23.7 Å². The molecule has 61 heavy (non-hydrogen) atoms. The number of aromatic hydroxyl groups is 1. The second-order valence-corrected chi connectivity index (χ2v) is 21.8. The number of aliphatic imine (C=N–C) groups is 1. The maximum Gasteiger partial charge on any atom is 0.302 e. The van der Waals surface area contributed by atoms with Crippen molar-refractivity contribution in [2.75, 3.05) is 18.8 Å². The van der Waals surface area contributed by atoms with Crippen LogP contribution < -0.4 is 26.4 Å². The van der Waals surface area contributed by atoms with Crippen LogP contribution in [0.2, 0.25) is 0 Å². The van der Waals surface area contributed by atoms with Gasteiger partial charge < -0.3 is 56.7 Å². The molecule has 336 valence electrons. The van der Waals surface area contributed by atoms with Crippen LogP contribution in [0.25, 0.3) is 0 Å². The molecule has 5 heterocycles. The minimum Gasteiger partial charge on any atom is -0.504 e. The van der Waals surface area contributed by atoms with Gasteiger partial charge in [-0.1, -0.05) is 71.3 Å². The fourth-order valence-corrected chi connectivity index (χ4v) is 14.9. The maximum atomic E-state index is 12.9. The number of hydrogen-bond acceptors (Lipinski definition) is 15. The second-order valence-electron chi connectivity index (χ2n) is 19.1. The van der Waals surface area contributed by atoms with Crippen molar-refractivity contribution < 1.29 is 39.8 Å². The fraction of sp³-hybridized carbons (Fsp3) is 0.739. The Kier molecular flexibility index (Phi) is 14.1. The molecule has 9 rings (SSSR count). The Bertz CT molecular complexity index is 1840. The molecule has 11 unspecified atom stereocenters. The van der Waals surface area contributed by atoms with Crippen LogP contribution in [0.15, 0.2) is 29.3 Å². The lowest BCUT2D eigenvalue weighted by Crippen LogP contribution is -2.66. The summed E-state index contributed by atoms with van der Waals surface area (Å²) in [6, 6.07) is 2.66. The predicted molar refractivity (Wildman–Crippen MR) is 239 cm³/mol. The number of nitrogens with zero attached hydrogens (tertiary/aromatic N) is 1. The van der Waals surface area contributed by atoms with E-state index in [0.29, 0.717) is 36.0 Å². The molecule has 1 aromatic carbocycles. The van der Waals surface area contributed by atoms with E-state index >= 15 is 0 Å². The quantitative estimate of drug-likeness (QED) is 0.0660. The van der Waals surface area contributed by atoms with Crippen LogP contribution >= 0.6 is 21.6 Å². The molecule has 5 aliphatic heterocycles. The zero-order valence-electron chi connectivity index (χ0n) is 35.5. The minimum atomic E-state index is -1.90. The summed E-state index contributed by atoms with van der Waals surface area (Å²) < 4.78 is 12.8. The lowest BCUT2D eigenvalue weighted by Gasteiger charge is -2.49. The molecule has 1 aromatic rings. The maximum absolute atomic E-state index is 12.9. The van der Waals surface area contributed by atoms with Gasteiger partial charge in [0, 0.05) is 71.8 Å². The molecule has 8 bridgehead atoms. The molecule has 0 radical (unpaired) electrons. The van der Waals surface area contributed by atoms with E-state index in [0.717, 1.165) is 83.1 Å². The molecular formula is C46H67N5O8S2. The summed E-state index contributed by atoms with van der Waals surface area (Å²) in [4.78, 5) is 18.0. The summed E-state index contributed by atoms with van der Waals surface area (Å²) in [6.45, 7) is 2.99. The van der Waals surface area contributed by atoms with Gasteiger partial charge in [0.2, 0.25) is 0 Å². The zero-order valence-corrected chi connectivity index (χ0v) is 37.2. The first-order valence-electron chi connectivity index (χ1n) is 22.9. The number of phenolic OH excluding ortho intramolecular Hbond substituents is 1. The summed E-state index contributed by atoms with van der Waals surface area (Å²) in [7, 11) is 3.90. The van der Waals surface area contributed by atoms with Gasteiger partial charge in [-0.15, -0.1) is 0 Å². The summed E-state index contributed by atoms with van der Waals surface area (Å²) in [5.41, 5.74) is 5.96. The van der Waals surface area contributed by atoms with Crippen LogP contribution in [0.4, 0.5) is 0 Å². The highest BCUT2D eigenvalue weighted by Gasteiger charge is 2.48. The van der Waals surface area contributed by atoms with Gasteiger partial charge in [0.1, 0.15) is 12.2 Å². The Balaban J connectivity index is 1.30. The van der Waals surface area contributed by atoms with Crippen molar-refractivity contribution in [3.8, 4) is 23.3 Å². The number of nitrogens with one attached hydrogen (secondary N) is 3. The van der Waals surface area contributed by atoms with Crippen LogP contribution in [0, 0.1) is 29.1 Å². The highest BCUT2D eigenvalue weighted by Crippen LogP contribution is 2.46. The fourth-order valence-electron chi connectivity index (χ4n) is 11.7. The third-order valence-electron chi connectivity index (χ3n) is 15.0. The SMILES string of the molecule is CC(=O)OC1CC(O)CCC23C#CC4CCCC5(CC(CCN5)Oc5cc(c(C(O)O)cc5O)CC41)C1CCC(CN1)SSCC1(CCCCC1)NC(N)=NC2C=CCC3O. The van der Waals surface area contributed by atoms with Crippen LogP contribution in [-0.2, 0) is 16.0 Å². The lowest BCUT2D eigenvalue weighted by molar-refractivity contribution is -0.152. The summed E-state index contributed by atoms with van der Waals surface area (Å²) in [5.74, 6) is 7.26. The normalized spacial score (nSPS) is 38.1. The number of fused-ring (bicyclic) bond motifs is 8. The van der Waals surface area contributed by atoms with Crippen molar-refractivity contribution in [1.29, 1.82) is 0 Å². The number of hydrogen-bond donors (Lipinski definition) is 9. The Morgan fingerprint density at radius 3 is 2.67 bits per heavy atom. The van der Waals surface area contributed by atoms with Crippen molar-refractivity contribution in [2.45, 2.75) is 175 Å². The van der Waals surface area contributed by atoms with Gasteiger partial charge in [0.15, 0.2) is 23.7 Å². The highest BCUT2D eigenvalue weighted by molar-refractivity contribution is 8.77. The average molecular weight is 882 g/mol.